The molecule has 104 valence electrons. The lowest BCUT2D eigenvalue weighted by Gasteiger charge is -2.22. The second kappa shape index (κ2) is 10.0. The highest BCUT2D eigenvalue weighted by atomic mass is 28.4. The van der Waals surface area contributed by atoms with Crippen molar-refractivity contribution in [1.82, 2.24) is 5.32 Å². The molecule has 0 aliphatic heterocycles. The molecule has 0 bridgehead atoms. The molecule has 1 unspecified atom stereocenters. The van der Waals surface area contributed by atoms with Crippen LogP contribution in [0.5, 0.6) is 0 Å². The van der Waals surface area contributed by atoms with Crippen molar-refractivity contribution in [3.63, 3.8) is 0 Å². The highest BCUT2D eigenvalue weighted by Crippen LogP contribution is 2.12. The first-order valence-electron chi connectivity index (χ1n) is 6.64. The number of rotatable bonds is 11. The molecule has 0 fully saturated rings. The van der Waals surface area contributed by atoms with E-state index in [2.05, 4.69) is 18.8 Å². The van der Waals surface area contributed by atoms with Crippen molar-refractivity contribution >= 4 is 8.56 Å². The van der Waals surface area contributed by atoms with E-state index in [9.17, 15) is 0 Å². The fourth-order valence-corrected chi connectivity index (χ4v) is 3.07. The Morgan fingerprint density at radius 1 is 1.24 bits per heavy atom. The SMILES string of the molecule is CCCCC(N)CNCCC[Si](C)(OC)OC. The van der Waals surface area contributed by atoms with Crippen molar-refractivity contribution in [2.24, 2.45) is 5.73 Å². The maximum Gasteiger partial charge on any atom is 0.334 e. The molecule has 5 heteroatoms. The van der Waals surface area contributed by atoms with Crippen LogP contribution in [0, 0.1) is 0 Å². The van der Waals surface area contributed by atoms with E-state index in [0.29, 0.717) is 6.04 Å². The molecule has 0 heterocycles. The van der Waals surface area contributed by atoms with Gasteiger partial charge in [0.05, 0.1) is 0 Å². The number of hydrogen-bond acceptors (Lipinski definition) is 4. The van der Waals surface area contributed by atoms with Gasteiger partial charge in [-0.25, -0.2) is 0 Å². The Morgan fingerprint density at radius 2 is 1.88 bits per heavy atom. The van der Waals surface area contributed by atoms with Crippen LogP contribution in [0.1, 0.15) is 32.6 Å². The third-order valence-electron chi connectivity index (χ3n) is 3.18. The molecule has 0 amide bonds. The summed E-state index contributed by atoms with van der Waals surface area (Å²) in [5.74, 6) is 0. The molecule has 0 saturated heterocycles. The zero-order valence-electron chi connectivity index (χ0n) is 11.9. The van der Waals surface area contributed by atoms with Gasteiger partial charge in [-0.1, -0.05) is 19.8 Å². The minimum absolute atomic E-state index is 0.295. The van der Waals surface area contributed by atoms with Gasteiger partial charge in [0, 0.05) is 26.8 Å². The Hall–Kier alpha value is 0.0569. The summed E-state index contributed by atoms with van der Waals surface area (Å²) in [5.41, 5.74) is 5.98. The zero-order valence-corrected chi connectivity index (χ0v) is 12.9. The summed E-state index contributed by atoms with van der Waals surface area (Å²) in [5, 5.41) is 3.40. The molecule has 0 rings (SSSR count). The lowest BCUT2D eigenvalue weighted by Crippen LogP contribution is -2.38. The monoisotopic (exact) mass is 262 g/mol. The van der Waals surface area contributed by atoms with Crippen LogP contribution in [-0.4, -0.2) is 41.9 Å². The summed E-state index contributed by atoms with van der Waals surface area (Å²) in [7, 11) is 1.61. The van der Waals surface area contributed by atoms with Crippen LogP contribution < -0.4 is 11.1 Å². The molecule has 0 aromatic rings. The lowest BCUT2D eigenvalue weighted by molar-refractivity contribution is 0.248. The van der Waals surface area contributed by atoms with Gasteiger partial charge in [0.15, 0.2) is 0 Å². The van der Waals surface area contributed by atoms with Crippen LogP contribution in [0.15, 0.2) is 0 Å². The molecule has 0 aromatic carbocycles. The number of nitrogens with two attached hydrogens (primary N) is 1. The Morgan fingerprint density at radius 3 is 2.41 bits per heavy atom. The van der Waals surface area contributed by atoms with Crippen LogP contribution in [0.4, 0.5) is 0 Å². The quantitative estimate of drug-likeness (QED) is 0.441. The van der Waals surface area contributed by atoms with Gasteiger partial charge in [-0.2, -0.15) is 0 Å². The molecule has 0 aromatic heterocycles. The second-order valence-electron chi connectivity index (χ2n) is 4.75. The second-order valence-corrected chi connectivity index (χ2v) is 8.34. The van der Waals surface area contributed by atoms with Gasteiger partial charge in [-0.3, -0.25) is 0 Å². The lowest BCUT2D eigenvalue weighted by atomic mass is 10.1. The molecule has 0 saturated carbocycles. The predicted molar refractivity (Wildman–Crippen MR) is 75.4 cm³/mol. The average molecular weight is 262 g/mol. The van der Waals surface area contributed by atoms with E-state index >= 15 is 0 Å². The topological polar surface area (TPSA) is 56.5 Å². The molecular formula is C12H30N2O2Si. The fourth-order valence-electron chi connectivity index (χ4n) is 1.68. The summed E-state index contributed by atoms with van der Waals surface area (Å²) in [6, 6.07) is 1.32. The van der Waals surface area contributed by atoms with Crippen LogP contribution in [0.3, 0.4) is 0 Å². The van der Waals surface area contributed by atoms with Crippen molar-refractivity contribution in [1.29, 1.82) is 0 Å². The highest BCUT2D eigenvalue weighted by molar-refractivity contribution is 6.65. The molecule has 3 N–H and O–H groups in total. The molecule has 1 atom stereocenters. The van der Waals surface area contributed by atoms with Gasteiger partial charge < -0.3 is 19.9 Å². The number of unbranched alkanes of at least 4 members (excludes halogenated alkanes) is 1. The molecule has 0 spiro atoms. The van der Waals surface area contributed by atoms with Crippen molar-refractivity contribution in [2.45, 2.75) is 51.2 Å². The normalized spacial score (nSPS) is 13.9. The highest BCUT2D eigenvalue weighted by Gasteiger charge is 2.27. The fraction of sp³-hybridized carbons (Fsp3) is 1.00. The molecule has 4 nitrogen and oxygen atoms in total. The predicted octanol–water partition coefficient (Wildman–Crippen LogP) is 1.85. The van der Waals surface area contributed by atoms with Crippen molar-refractivity contribution < 1.29 is 8.85 Å². The van der Waals surface area contributed by atoms with Gasteiger partial charge in [0.25, 0.3) is 0 Å². The number of nitrogens with one attached hydrogen (secondary N) is 1. The molecular weight excluding hydrogens is 232 g/mol. The first-order valence-corrected chi connectivity index (χ1v) is 9.17. The van der Waals surface area contributed by atoms with Crippen molar-refractivity contribution in [2.75, 3.05) is 27.3 Å². The molecule has 0 aliphatic carbocycles. The summed E-state index contributed by atoms with van der Waals surface area (Å²) in [6.07, 6.45) is 4.65. The van der Waals surface area contributed by atoms with E-state index in [-0.39, 0.29) is 0 Å². The number of hydrogen-bond donors (Lipinski definition) is 2. The van der Waals surface area contributed by atoms with E-state index in [4.69, 9.17) is 14.6 Å². The van der Waals surface area contributed by atoms with Crippen molar-refractivity contribution in [3.05, 3.63) is 0 Å². The van der Waals surface area contributed by atoms with Gasteiger partial charge in [0.1, 0.15) is 0 Å². The van der Waals surface area contributed by atoms with E-state index < -0.39 is 8.56 Å². The van der Waals surface area contributed by atoms with Crippen LogP contribution in [-0.2, 0) is 8.85 Å². The molecule has 17 heavy (non-hydrogen) atoms. The first kappa shape index (κ1) is 17.1. The summed E-state index contributed by atoms with van der Waals surface area (Å²) in [6.45, 7) is 6.20. The minimum Gasteiger partial charge on any atom is -0.398 e. The maximum atomic E-state index is 5.98. The Bertz CT molecular complexity index is 178. The summed E-state index contributed by atoms with van der Waals surface area (Å²) in [4.78, 5) is 0. The smallest absolute Gasteiger partial charge is 0.334 e. The van der Waals surface area contributed by atoms with E-state index in [0.717, 1.165) is 32.0 Å². The average Bonchev–Trinajstić information content (AvgIpc) is 2.35. The third kappa shape index (κ3) is 8.74. The maximum absolute atomic E-state index is 5.98. The van der Waals surface area contributed by atoms with Gasteiger partial charge in [-0.15, -0.1) is 0 Å². The van der Waals surface area contributed by atoms with Gasteiger partial charge in [0.2, 0.25) is 0 Å². The van der Waals surface area contributed by atoms with Crippen LogP contribution in [0.2, 0.25) is 12.6 Å². The Labute approximate surface area is 107 Å². The van der Waals surface area contributed by atoms with Crippen LogP contribution in [0.25, 0.3) is 0 Å². The Kier molecular flexibility index (Phi) is 10.1. The van der Waals surface area contributed by atoms with E-state index in [1.54, 1.807) is 14.2 Å². The Balaban J connectivity index is 3.45. The first-order chi connectivity index (χ1) is 8.08. The largest absolute Gasteiger partial charge is 0.398 e. The van der Waals surface area contributed by atoms with E-state index in [1.807, 2.05) is 0 Å². The van der Waals surface area contributed by atoms with E-state index in [1.165, 1.54) is 12.8 Å². The minimum atomic E-state index is -1.87. The van der Waals surface area contributed by atoms with Gasteiger partial charge >= 0.3 is 8.56 Å². The third-order valence-corrected chi connectivity index (χ3v) is 6.17. The van der Waals surface area contributed by atoms with Gasteiger partial charge in [-0.05, 0) is 32.0 Å². The zero-order chi connectivity index (χ0) is 13.1. The summed E-state index contributed by atoms with van der Waals surface area (Å²) >= 11 is 0. The summed E-state index contributed by atoms with van der Waals surface area (Å²) < 4.78 is 10.9. The molecule has 0 radical (unpaired) electrons. The van der Waals surface area contributed by atoms with Crippen molar-refractivity contribution in [3.8, 4) is 0 Å². The molecule has 0 aliphatic rings. The standard InChI is InChI=1S/C12H30N2O2Si/c1-5-6-8-12(13)11-14-9-7-10-17(4,15-2)16-3/h12,14H,5-11,13H2,1-4H3. The van der Waals surface area contributed by atoms with Crippen LogP contribution >= 0.6 is 0 Å².